The van der Waals surface area contributed by atoms with Crippen molar-refractivity contribution in [2.75, 3.05) is 11.1 Å². The molecule has 2 rings (SSSR count). The molecule has 0 heterocycles. The minimum atomic E-state index is 0.0169. The Bertz CT molecular complexity index is 428. The molecular formula is C14H20N2O. The molecule has 1 fully saturated rings. The first kappa shape index (κ1) is 12.0. The second-order valence-electron chi connectivity index (χ2n) is 5.02. The Balaban J connectivity index is 2.12. The topological polar surface area (TPSA) is 55.1 Å². The summed E-state index contributed by atoms with van der Waals surface area (Å²) in [6.07, 6.45) is 3.80. The number of nitrogens with two attached hydrogens (primary N) is 1. The van der Waals surface area contributed by atoms with Crippen molar-refractivity contribution in [3.05, 3.63) is 23.8 Å². The monoisotopic (exact) mass is 232 g/mol. The van der Waals surface area contributed by atoms with E-state index >= 15 is 0 Å². The number of rotatable bonds is 3. The summed E-state index contributed by atoms with van der Waals surface area (Å²) in [5, 5.41) is 3.51. The van der Waals surface area contributed by atoms with Crippen LogP contribution in [0.25, 0.3) is 0 Å². The van der Waals surface area contributed by atoms with E-state index in [0.29, 0.717) is 23.2 Å². The lowest BCUT2D eigenvalue weighted by atomic mass is 10.0. The van der Waals surface area contributed by atoms with Crippen molar-refractivity contribution in [3.8, 4) is 0 Å². The number of anilines is 2. The van der Waals surface area contributed by atoms with Crippen LogP contribution in [0.15, 0.2) is 18.2 Å². The second-order valence-corrected chi connectivity index (χ2v) is 5.02. The third-order valence-electron chi connectivity index (χ3n) is 3.64. The fourth-order valence-corrected chi connectivity index (χ4v) is 2.55. The quantitative estimate of drug-likeness (QED) is 0.622. The van der Waals surface area contributed by atoms with E-state index in [4.69, 9.17) is 5.73 Å². The molecule has 2 unspecified atom stereocenters. The molecule has 0 radical (unpaired) electrons. The predicted octanol–water partition coefficient (Wildman–Crippen LogP) is 3.07. The van der Waals surface area contributed by atoms with Crippen LogP contribution in [0.1, 0.15) is 43.5 Å². The van der Waals surface area contributed by atoms with Gasteiger partial charge in [0.15, 0.2) is 5.78 Å². The Morgan fingerprint density at radius 1 is 1.41 bits per heavy atom. The highest BCUT2D eigenvalue weighted by Crippen LogP contribution is 2.29. The summed E-state index contributed by atoms with van der Waals surface area (Å²) >= 11 is 0. The molecule has 0 saturated heterocycles. The van der Waals surface area contributed by atoms with Gasteiger partial charge in [0.25, 0.3) is 0 Å². The van der Waals surface area contributed by atoms with E-state index in [9.17, 15) is 4.79 Å². The number of hydrogen-bond acceptors (Lipinski definition) is 3. The first-order valence-corrected chi connectivity index (χ1v) is 6.25. The first-order chi connectivity index (χ1) is 8.08. The highest BCUT2D eigenvalue weighted by molar-refractivity contribution is 5.99. The van der Waals surface area contributed by atoms with Gasteiger partial charge in [-0.2, -0.15) is 0 Å². The lowest BCUT2D eigenvalue weighted by Crippen LogP contribution is -2.21. The smallest absolute Gasteiger partial charge is 0.161 e. The SMILES string of the molecule is CC(=O)c1ccc(NC2CCCC2C)cc1N. The molecule has 1 aliphatic rings. The summed E-state index contributed by atoms with van der Waals surface area (Å²) in [6, 6.07) is 6.15. The zero-order chi connectivity index (χ0) is 12.4. The molecule has 1 aromatic carbocycles. The molecule has 3 heteroatoms. The lowest BCUT2D eigenvalue weighted by Gasteiger charge is -2.19. The second kappa shape index (κ2) is 4.78. The van der Waals surface area contributed by atoms with Gasteiger partial charge in [-0.25, -0.2) is 0 Å². The van der Waals surface area contributed by atoms with Gasteiger partial charge >= 0.3 is 0 Å². The average molecular weight is 232 g/mol. The number of ketones is 1. The van der Waals surface area contributed by atoms with Crippen molar-refractivity contribution in [1.29, 1.82) is 0 Å². The van der Waals surface area contributed by atoms with Crippen LogP contribution in [0.5, 0.6) is 0 Å². The van der Waals surface area contributed by atoms with E-state index in [0.717, 1.165) is 5.69 Å². The number of carbonyl (C=O) groups excluding carboxylic acids is 1. The molecule has 92 valence electrons. The summed E-state index contributed by atoms with van der Waals surface area (Å²) in [5.41, 5.74) is 8.06. The molecule has 1 aromatic rings. The molecule has 2 atom stereocenters. The summed E-state index contributed by atoms with van der Waals surface area (Å²) in [4.78, 5) is 11.3. The fourth-order valence-electron chi connectivity index (χ4n) is 2.55. The summed E-state index contributed by atoms with van der Waals surface area (Å²) in [6.45, 7) is 3.82. The largest absolute Gasteiger partial charge is 0.398 e. The number of hydrogen-bond donors (Lipinski definition) is 2. The normalized spacial score (nSPS) is 23.6. The van der Waals surface area contributed by atoms with Crippen LogP contribution in [-0.4, -0.2) is 11.8 Å². The maximum Gasteiger partial charge on any atom is 0.161 e. The molecule has 0 amide bonds. The van der Waals surface area contributed by atoms with Crippen LogP contribution in [0, 0.1) is 5.92 Å². The molecule has 3 nitrogen and oxygen atoms in total. The van der Waals surface area contributed by atoms with Gasteiger partial charge in [0.1, 0.15) is 0 Å². The Kier molecular flexibility index (Phi) is 3.36. The van der Waals surface area contributed by atoms with E-state index in [-0.39, 0.29) is 5.78 Å². The minimum absolute atomic E-state index is 0.0169. The van der Waals surface area contributed by atoms with Crippen LogP contribution in [0.4, 0.5) is 11.4 Å². The molecule has 0 aliphatic heterocycles. The molecule has 0 aromatic heterocycles. The predicted molar refractivity (Wildman–Crippen MR) is 71.3 cm³/mol. The lowest BCUT2D eigenvalue weighted by molar-refractivity contribution is 0.101. The van der Waals surface area contributed by atoms with Gasteiger partial charge in [0.05, 0.1) is 0 Å². The summed E-state index contributed by atoms with van der Waals surface area (Å²) < 4.78 is 0. The molecule has 1 saturated carbocycles. The van der Waals surface area contributed by atoms with Crippen molar-refractivity contribution in [2.24, 2.45) is 5.92 Å². The van der Waals surface area contributed by atoms with Crippen molar-refractivity contribution >= 4 is 17.2 Å². The molecule has 1 aliphatic carbocycles. The molecule has 0 bridgehead atoms. The highest BCUT2D eigenvalue weighted by Gasteiger charge is 2.23. The van der Waals surface area contributed by atoms with Gasteiger partial charge in [-0.15, -0.1) is 0 Å². The van der Waals surface area contributed by atoms with Crippen LogP contribution in [0.2, 0.25) is 0 Å². The number of Topliss-reactive ketones (excluding diaryl/α,β-unsaturated/α-hetero) is 1. The van der Waals surface area contributed by atoms with Gasteiger partial charge < -0.3 is 11.1 Å². The Hall–Kier alpha value is -1.51. The van der Waals surface area contributed by atoms with Crippen LogP contribution in [-0.2, 0) is 0 Å². The van der Waals surface area contributed by atoms with Crippen LogP contribution in [0.3, 0.4) is 0 Å². The van der Waals surface area contributed by atoms with Crippen molar-refractivity contribution in [3.63, 3.8) is 0 Å². The number of carbonyl (C=O) groups is 1. The molecule has 0 spiro atoms. The van der Waals surface area contributed by atoms with Gasteiger partial charge in [-0.05, 0) is 43.9 Å². The molecule has 17 heavy (non-hydrogen) atoms. The minimum Gasteiger partial charge on any atom is -0.398 e. The summed E-state index contributed by atoms with van der Waals surface area (Å²) in [5.74, 6) is 0.729. The third kappa shape index (κ3) is 2.60. The van der Waals surface area contributed by atoms with Crippen molar-refractivity contribution < 1.29 is 4.79 Å². The fraction of sp³-hybridized carbons (Fsp3) is 0.500. The van der Waals surface area contributed by atoms with Crippen LogP contribution >= 0.6 is 0 Å². The zero-order valence-corrected chi connectivity index (χ0v) is 10.5. The Morgan fingerprint density at radius 2 is 2.18 bits per heavy atom. The average Bonchev–Trinajstić information content (AvgIpc) is 2.64. The Morgan fingerprint density at radius 3 is 2.71 bits per heavy atom. The number of nitrogen functional groups attached to an aromatic ring is 1. The van der Waals surface area contributed by atoms with E-state index in [2.05, 4.69) is 12.2 Å². The van der Waals surface area contributed by atoms with Gasteiger partial charge in [0.2, 0.25) is 0 Å². The Labute approximate surface area is 102 Å². The van der Waals surface area contributed by atoms with Gasteiger partial charge in [-0.1, -0.05) is 13.3 Å². The first-order valence-electron chi connectivity index (χ1n) is 6.25. The standard InChI is InChI=1S/C14H20N2O/c1-9-4-3-5-14(9)16-11-6-7-12(10(2)17)13(15)8-11/h6-9,14,16H,3-5,15H2,1-2H3. The maximum atomic E-state index is 11.3. The van der Waals surface area contributed by atoms with Gasteiger partial charge in [0, 0.05) is 23.0 Å². The third-order valence-corrected chi connectivity index (χ3v) is 3.64. The van der Waals surface area contributed by atoms with E-state index < -0.39 is 0 Å². The van der Waals surface area contributed by atoms with E-state index in [1.807, 2.05) is 12.1 Å². The maximum absolute atomic E-state index is 11.3. The zero-order valence-electron chi connectivity index (χ0n) is 10.5. The molecular weight excluding hydrogens is 212 g/mol. The number of benzene rings is 1. The van der Waals surface area contributed by atoms with Crippen molar-refractivity contribution in [2.45, 2.75) is 39.2 Å². The van der Waals surface area contributed by atoms with Gasteiger partial charge in [-0.3, -0.25) is 4.79 Å². The van der Waals surface area contributed by atoms with E-state index in [1.165, 1.54) is 26.2 Å². The summed E-state index contributed by atoms with van der Waals surface area (Å²) in [7, 11) is 0. The van der Waals surface area contributed by atoms with Crippen LogP contribution < -0.4 is 11.1 Å². The van der Waals surface area contributed by atoms with Crippen molar-refractivity contribution in [1.82, 2.24) is 0 Å². The molecule has 3 N–H and O–H groups in total. The number of nitrogens with one attached hydrogen (secondary N) is 1. The van der Waals surface area contributed by atoms with E-state index in [1.54, 1.807) is 6.07 Å². The highest BCUT2D eigenvalue weighted by atomic mass is 16.1.